The third kappa shape index (κ3) is 24.9. The zero-order chi connectivity index (χ0) is 31.4. The van der Waals surface area contributed by atoms with Crippen molar-refractivity contribution in [2.45, 2.75) is 70.8 Å². The second-order valence-corrected chi connectivity index (χ2v) is 8.66. The molecule has 0 aliphatic heterocycles. The Morgan fingerprint density at radius 3 is 1.25 bits per heavy atom. The summed E-state index contributed by atoms with van der Waals surface area (Å²) in [5.41, 5.74) is 0.902. The lowest BCUT2D eigenvalue weighted by Crippen LogP contribution is -1.97. The Hall–Kier alpha value is -6.06. The molecule has 0 radical (unpaired) electrons. The second-order valence-electron chi connectivity index (χ2n) is 8.66. The predicted octanol–water partition coefficient (Wildman–Crippen LogP) is 10.5. The lowest BCUT2D eigenvalue weighted by Gasteiger charge is -2.07. The number of unbranched alkanes of at least 4 members (excludes halogenated alkanes) is 9. The first-order valence-corrected chi connectivity index (χ1v) is 14.3. The molecule has 1 aromatic rings. The minimum atomic E-state index is 0. The number of ether oxygens (including phenoxy) is 2. The zero-order valence-electron chi connectivity index (χ0n) is 24.8. The highest BCUT2D eigenvalue weighted by Gasteiger charge is 1.96. The van der Waals surface area contributed by atoms with Gasteiger partial charge >= 0.3 is 0 Å². The van der Waals surface area contributed by atoms with Gasteiger partial charge in [-0.3, -0.25) is 0 Å². The molecule has 0 aliphatic rings. The summed E-state index contributed by atoms with van der Waals surface area (Å²) in [7, 11) is 0. The van der Waals surface area contributed by atoms with Crippen molar-refractivity contribution in [1.29, 1.82) is 0 Å². The van der Waals surface area contributed by atoms with Crippen LogP contribution in [0, 0.1) is 131 Å². The molecule has 0 bridgehead atoms. The maximum absolute atomic E-state index is 9.06. The van der Waals surface area contributed by atoms with Gasteiger partial charge in [0.2, 0.25) is 0 Å². The van der Waals surface area contributed by atoms with E-state index in [1.54, 1.807) is 0 Å². The van der Waals surface area contributed by atoms with E-state index >= 15 is 0 Å². The molecule has 0 aliphatic carbocycles. The van der Waals surface area contributed by atoms with E-state index in [4.69, 9.17) is 21.0 Å². The summed E-state index contributed by atoms with van der Waals surface area (Å²) in [5.74, 6) is 50.8. The highest BCUT2D eigenvalue weighted by Crippen LogP contribution is 2.14. The van der Waals surface area contributed by atoms with E-state index < -0.39 is 0 Å². The number of hydrogen-bond acceptors (Lipinski definition) is 3. The minimum absolute atomic E-state index is 0. The predicted molar refractivity (Wildman–Crippen MR) is 223 cm³/mol. The Balaban J connectivity index is -0.0000000440. The van der Waals surface area contributed by atoms with E-state index in [0.717, 1.165) is 37.2 Å². The van der Waals surface area contributed by atoms with Crippen LogP contribution in [-0.2, 0) is 11.3 Å². The molecule has 1 rings (SSSR count). The summed E-state index contributed by atoms with van der Waals surface area (Å²) in [5, 5.41) is 9.06. The highest BCUT2D eigenvalue weighted by molar-refractivity contribution is 5.47. The SMILES string of the molecule is C#CC#CC#CC#CC#CC#CC#CC#CC#CC#CC#COCCCCCCCCCCCCOc1ccc(CO)cc1.[HH].[HH].[HH].[HH].[HH].[HH].[HH].[HH].[HH].[HH].[HH].[HH].[HH].[HH].[HH].[HH].[HH].[HH].[HH].[HH].[HH].[HH]. The number of rotatable bonds is 15. The molecule has 0 spiro atoms. The first-order valence-electron chi connectivity index (χ1n) is 14.3. The first-order chi connectivity index (χ1) is 21.9. The van der Waals surface area contributed by atoms with Crippen molar-refractivity contribution in [3.05, 3.63) is 29.8 Å². The summed E-state index contributed by atoms with van der Waals surface area (Å²) in [4.78, 5) is 0. The molecule has 0 saturated heterocycles. The van der Waals surface area contributed by atoms with E-state index in [0.29, 0.717) is 6.61 Å². The summed E-state index contributed by atoms with van der Waals surface area (Å²) in [6.45, 7) is 1.42. The molecule has 0 unspecified atom stereocenters. The summed E-state index contributed by atoms with van der Waals surface area (Å²) < 4.78 is 11.0. The Kier molecular flexibility index (Phi) is 24.5. The maximum atomic E-state index is 9.06. The molecular formula is C41H76O3. The standard InChI is InChI=1S/C41H32O3.22H2/c1-2-3-4-5-6-7-8-9-10-11-12-13-14-15-16-17-20-23-26-29-36-43-37-30-27-24-21-18-19-22-25-28-31-38-44-41-34-32-40(39-42)33-35-41;;;;;;;;;;;;;;;;;;;;;;/h1,32-35,42H,18-19,21-22,24-25,27-28,30-31,37-39H2;22*1H. The molecule has 0 aromatic heterocycles. The lowest BCUT2D eigenvalue weighted by atomic mass is 10.1. The van der Waals surface area contributed by atoms with Crippen LogP contribution in [0.4, 0.5) is 0 Å². The van der Waals surface area contributed by atoms with Gasteiger partial charge < -0.3 is 14.6 Å². The second kappa shape index (κ2) is 29.9. The molecule has 44 heavy (non-hydrogen) atoms. The molecule has 1 aromatic carbocycles. The number of hydrogen-bond donors (Lipinski definition) is 1. The summed E-state index contributed by atoms with van der Waals surface area (Å²) in [6.07, 6.45) is 19.5. The highest BCUT2D eigenvalue weighted by atomic mass is 16.5. The van der Waals surface area contributed by atoms with Crippen molar-refractivity contribution >= 4 is 0 Å². The molecule has 258 valence electrons. The van der Waals surface area contributed by atoms with Crippen molar-refractivity contribution in [1.82, 2.24) is 0 Å². The Morgan fingerprint density at radius 1 is 0.477 bits per heavy atom. The first kappa shape index (κ1) is 36.0. The van der Waals surface area contributed by atoms with Crippen LogP contribution < -0.4 is 4.74 Å². The quantitative estimate of drug-likeness (QED) is 0.157. The average Bonchev–Trinajstić information content (AvgIpc) is 3.05. The van der Waals surface area contributed by atoms with Crippen molar-refractivity contribution in [3.8, 4) is 137 Å². The number of terminal acetylenes is 1. The van der Waals surface area contributed by atoms with Crippen LogP contribution in [0.15, 0.2) is 24.3 Å². The molecule has 3 nitrogen and oxygen atoms in total. The molecule has 0 saturated carbocycles. The fourth-order valence-corrected chi connectivity index (χ4v) is 3.25. The van der Waals surface area contributed by atoms with E-state index in [1.165, 1.54) is 44.9 Å². The van der Waals surface area contributed by atoms with Crippen LogP contribution in [0.5, 0.6) is 5.75 Å². The third-order valence-electron chi connectivity index (χ3n) is 5.34. The number of benzene rings is 1. The van der Waals surface area contributed by atoms with Gasteiger partial charge in [-0.15, -0.1) is 6.42 Å². The van der Waals surface area contributed by atoms with E-state index in [1.807, 2.05) is 24.3 Å². The van der Waals surface area contributed by atoms with Crippen molar-refractivity contribution in [3.63, 3.8) is 0 Å². The molecule has 0 fully saturated rings. The zero-order valence-corrected chi connectivity index (χ0v) is 24.8. The molecule has 0 heterocycles. The maximum Gasteiger partial charge on any atom is 0.124 e. The Morgan fingerprint density at radius 2 is 0.841 bits per heavy atom. The van der Waals surface area contributed by atoms with E-state index in [9.17, 15) is 0 Å². The summed E-state index contributed by atoms with van der Waals surface area (Å²) >= 11 is 0. The van der Waals surface area contributed by atoms with Gasteiger partial charge in [-0.25, -0.2) is 0 Å². The van der Waals surface area contributed by atoms with Crippen molar-refractivity contribution < 1.29 is 46.0 Å². The smallest absolute Gasteiger partial charge is 0.124 e. The normalized spacial score (nSPS) is 7.45. The van der Waals surface area contributed by atoms with Gasteiger partial charge in [0.1, 0.15) is 18.5 Å². The average molecular weight is 617 g/mol. The largest absolute Gasteiger partial charge is 0.494 e. The number of aliphatic hydroxyl groups is 1. The van der Waals surface area contributed by atoms with Crippen LogP contribution in [-0.4, -0.2) is 18.3 Å². The minimum Gasteiger partial charge on any atom is -0.494 e. The monoisotopic (exact) mass is 617 g/mol. The molecule has 1 N–H and O–H groups in total. The molecule has 0 atom stereocenters. The van der Waals surface area contributed by atoms with E-state index in [-0.39, 0.29) is 38.0 Å². The van der Waals surface area contributed by atoms with Crippen LogP contribution >= 0.6 is 0 Å². The van der Waals surface area contributed by atoms with Gasteiger partial charge in [0.05, 0.1) is 13.2 Å². The van der Waals surface area contributed by atoms with Gasteiger partial charge in [-0.05, 0) is 77.9 Å². The van der Waals surface area contributed by atoms with Crippen LogP contribution in [0.3, 0.4) is 0 Å². The lowest BCUT2D eigenvalue weighted by molar-refractivity contribution is 0.267. The van der Waals surface area contributed by atoms with Gasteiger partial charge in [0, 0.05) is 102 Å². The van der Waals surface area contributed by atoms with Gasteiger partial charge in [-0.2, -0.15) is 0 Å². The summed E-state index contributed by atoms with van der Waals surface area (Å²) in [6, 6.07) is 7.60. The van der Waals surface area contributed by atoms with Crippen molar-refractivity contribution in [2.24, 2.45) is 0 Å². The Labute approximate surface area is 297 Å². The third-order valence-corrected chi connectivity index (χ3v) is 5.34. The molecule has 0 amide bonds. The van der Waals surface area contributed by atoms with Crippen LogP contribution in [0.2, 0.25) is 0 Å². The molecular weight excluding hydrogens is 540 g/mol. The fraction of sp³-hybridized carbons (Fsp3) is 0.317. The Bertz CT molecular complexity index is 1760. The van der Waals surface area contributed by atoms with Crippen molar-refractivity contribution in [2.75, 3.05) is 13.2 Å². The van der Waals surface area contributed by atoms with E-state index in [2.05, 4.69) is 125 Å². The topological polar surface area (TPSA) is 38.7 Å². The number of aliphatic hydroxyl groups excluding tert-OH is 1. The van der Waals surface area contributed by atoms with Gasteiger partial charge in [-0.1, -0.05) is 63.5 Å². The van der Waals surface area contributed by atoms with Crippen LogP contribution in [0.25, 0.3) is 0 Å². The van der Waals surface area contributed by atoms with Crippen LogP contribution in [0.1, 0.15) is 101 Å². The van der Waals surface area contributed by atoms with Gasteiger partial charge in [0.15, 0.2) is 0 Å². The van der Waals surface area contributed by atoms with Gasteiger partial charge in [0.25, 0.3) is 0 Å². The fourth-order valence-electron chi connectivity index (χ4n) is 3.25. The molecule has 3 heteroatoms.